The van der Waals surface area contributed by atoms with Crippen LogP contribution in [0.5, 0.6) is 11.5 Å². The first-order chi connectivity index (χ1) is 12.4. The van der Waals surface area contributed by atoms with Crippen molar-refractivity contribution in [2.75, 3.05) is 33.9 Å². The Bertz CT molecular complexity index is 664. The molecule has 1 atom stereocenters. The van der Waals surface area contributed by atoms with Gasteiger partial charge in [0.1, 0.15) is 0 Å². The van der Waals surface area contributed by atoms with Crippen molar-refractivity contribution < 1.29 is 14.3 Å². The zero-order valence-corrected chi connectivity index (χ0v) is 17.0. The van der Waals surface area contributed by atoms with Crippen LogP contribution in [0.15, 0.2) is 12.1 Å². The number of rotatable bonds is 6. The fourth-order valence-electron chi connectivity index (χ4n) is 3.15. The maximum atomic E-state index is 12.1. The van der Waals surface area contributed by atoms with Gasteiger partial charge in [-0.3, -0.25) is 4.79 Å². The Balaban J connectivity index is 2.38. The maximum absolute atomic E-state index is 12.1. The van der Waals surface area contributed by atoms with Crippen LogP contribution in [0.1, 0.15) is 37.9 Å². The summed E-state index contributed by atoms with van der Waals surface area (Å²) in [5.41, 5.74) is 2.31. The van der Waals surface area contributed by atoms with Crippen LogP contribution in [0.2, 0.25) is 0 Å². The smallest absolute Gasteiger partial charge is 0.222 e. The van der Waals surface area contributed by atoms with Gasteiger partial charge in [0.25, 0.3) is 0 Å². The number of carbonyl (C=O) groups is 1. The summed E-state index contributed by atoms with van der Waals surface area (Å²) in [6, 6.07) is 3.98. The van der Waals surface area contributed by atoms with Crippen molar-refractivity contribution in [3.63, 3.8) is 0 Å². The number of methoxy groups -OCH3 is 2. The van der Waals surface area contributed by atoms with Crippen molar-refractivity contribution in [2.45, 2.75) is 33.2 Å². The zero-order valence-electron chi connectivity index (χ0n) is 16.2. The van der Waals surface area contributed by atoms with Crippen LogP contribution in [-0.2, 0) is 11.2 Å². The van der Waals surface area contributed by atoms with Crippen molar-refractivity contribution >= 4 is 23.2 Å². The summed E-state index contributed by atoms with van der Waals surface area (Å²) in [4.78, 5) is 14.2. The summed E-state index contributed by atoms with van der Waals surface area (Å²) in [6.07, 6.45) is 0.857. The molecular weight excluding hydrogens is 350 g/mol. The van der Waals surface area contributed by atoms with E-state index >= 15 is 0 Å². The molecule has 1 aliphatic rings. The number of hydrogen-bond donors (Lipinski definition) is 2. The lowest BCUT2D eigenvalue weighted by Gasteiger charge is -2.39. The molecule has 2 N–H and O–H groups in total. The number of nitrogens with zero attached hydrogens (tertiary/aromatic N) is 1. The molecule has 0 spiro atoms. The average molecular weight is 380 g/mol. The molecule has 0 aromatic heterocycles. The van der Waals surface area contributed by atoms with Gasteiger partial charge in [0.2, 0.25) is 5.91 Å². The Morgan fingerprint density at radius 3 is 2.50 bits per heavy atom. The van der Waals surface area contributed by atoms with E-state index in [0.29, 0.717) is 17.4 Å². The average Bonchev–Trinajstić information content (AvgIpc) is 2.64. The maximum Gasteiger partial charge on any atom is 0.222 e. The Hall–Kier alpha value is -2.02. The minimum absolute atomic E-state index is 0.0342. The van der Waals surface area contributed by atoms with E-state index in [1.54, 1.807) is 14.2 Å². The first-order valence-electron chi connectivity index (χ1n) is 8.99. The van der Waals surface area contributed by atoms with E-state index in [4.69, 9.17) is 21.7 Å². The Labute approximate surface area is 161 Å². The minimum atomic E-state index is -0.0577. The standard InChI is InChI=1S/C19H29N3O3S/c1-6-20-19(26)22-8-7-13-9-16(24-4)17(25-5)10-14(13)15(22)11-21-18(23)12(2)3/h9-10,12,15H,6-8,11H2,1-5H3,(H,20,26)(H,21,23)/t15-/m1/s1. The highest BCUT2D eigenvalue weighted by Gasteiger charge is 2.31. The predicted molar refractivity (Wildman–Crippen MR) is 107 cm³/mol. The molecule has 0 fully saturated rings. The van der Waals surface area contributed by atoms with Gasteiger partial charge in [-0.1, -0.05) is 13.8 Å². The van der Waals surface area contributed by atoms with Crippen molar-refractivity contribution in [3.05, 3.63) is 23.3 Å². The number of thiocarbonyl (C=S) groups is 1. The number of nitrogens with one attached hydrogen (secondary N) is 2. The van der Waals surface area contributed by atoms with Crippen LogP contribution >= 0.6 is 12.2 Å². The largest absolute Gasteiger partial charge is 0.493 e. The van der Waals surface area contributed by atoms with Crippen LogP contribution in [-0.4, -0.2) is 49.8 Å². The Morgan fingerprint density at radius 2 is 1.92 bits per heavy atom. The van der Waals surface area contributed by atoms with Gasteiger partial charge < -0.3 is 25.0 Å². The molecule has 26 heavy (non-hydrogen) atoms. The van der Waals surface area contributed by atoms with Gasteiger partial charge in [-0.05, 0) is 48.8 Å². The van der Waals surface area contributed by atoms with Crippen molar-refractivity contribution in [1.82, 2.24) is 15.5 Å². The molecule has 6 nitrogen and oxygen atoms in total. The lowest BCUT2D eigenvalue weighted by molar-refractivity contribution is -0.124. The lowest BCUT2D eigenvalue weighted by atomic mass is 9.91. The lowest BCUT2D eigenvalue weighted by Crippen LogP contribution is -2.49. The highest BCUT2D eigenvalue weighted by atomic mass is 32.1. The highest BCUT2D eigenvalue weighted by Crippen LogP contribution is 2.38. The molecule has 0 saturated carbocycles. The first-order valence-corrected chi connectivity index (χ1v) is 9.40. The third-order valence-corrected chi connectivity index (χ3v) is 4.96. The molecule has 1 aromatic carbocycles. The summed E-state index contributed by atoms with van der Waals surface area (Å²) >= 11 is 5.57. The topological polar surface area (TPSA) is 62.8 Å². The van der Waals surface area contributed by atoms with E-state index in [2.05, 4.69) is 15.5 Å². The van der Waals surface area contributed by atoms with Gasteiger partial charge in [-0.25, -0.2) is 0 Å². The molecule has 1 heterocycles. The Kier molecular flexibility index (Phi) is 7.08. The summed E-state index contributed by atoms with van der Waals surface area (Å²) in [7, 11) is 3.27. The molecule has 2 rings (SSSR count). The molecule has 1 aromatic rings. The number of amides is 1. The second kappa shape index (κ2) is 9.07. The summed E-state index contributed by atoms with van der Waals surface area (Å²) in [5.74, 6) is 1.38. The van der Waals surface area contributed by atoms with Crippen LogP contribution in [0, 0.1) is 5.92 Å². The minimum Gasteiger partial charge on any atom is -0.493 e. The fourth-order valence-corrected chi connectivity index (χ4v) is 3.51. The number of carbonyl (C=O) groups excluding carboxylic acids is 1. The summed E-state index contributed by atoms with van der Waals surface area (Å²) in [6.45, 7) is 7.84. The van der Waals surface area contributed by atoms with Gasteiger partial charge in [-0.15, -0.1) is 0 Å². The van der Waals surface area contributed by atoms with Gasteiger partial charge in [0.05, 0.1) is 20.3 Å². The second-order valence-corrected chi connectivity index (χ2v) is 6.99. The highest BCUT2D eigenvalue weighted by molar-refractivity contribution is 7.80. The number of ether oxygens (including phenoxy) is 2. The summed E-state index contributed by atoms with van der Waals surface area (Å²) in [5, 5.41) is 6.98. The van der Waals surface area contributed by atoms with Crippen molar-refractivity contribution in [1.29, 1.82) is 0 Å². The third-order valence-electron chi connectivity index (χ3n) is 4.59. The van der Waals surface area contributed by atoms with Gasteiger partial charge >= 0.3 is 0 Å². The molecule has 144 valence electrons. The molecule has 1 amide bonds. The van der Waals surface area contributed by atoms with Crippen LogP contribution in [0.3, 0.4) is 0 Å². The fraction of sp³-hybridized carbons (Fsp3) is 0.579. The quantitative estimate of drug-likeness (QED) is 0.740. The molecule has 0 radical (unpaired) electrons. The van der Waals surface area contributed by atoms with E-state index in [-0.39, 0.29) is 17.9 Å². The van der Waals surface area contributed by atoms with Gasteiger partial charge in [0.15, 0.2) is 16.6 Å². The molecule has 0 saturated heterocycles. The van der Waals surface area contributed by atoms with Gasteiger partial charge in [-0.2, -0.15) is 0 Å². The SMILES string of the molecule is CCNC(=S)N1CCc2cc(OC)c(OC)cc2[C@H]1CNC(=O)C(C)C. The van der Waals surface area contributed by atoms with E-state index < -0.39 is 0 Å². The molecule has 0 bridgehead atoms. The second-order valence-electron chi connectivity index (χ2n) is 6.60. The predicted octanol–water partition coefficient (Wildman–Crippen LogP) is 2.27. The van der Waals surface area contributed by atoms with Gasteiger partial charge in [0, 0.05) is 25.6 Å². The number of fused-ring (bicyclic) bond motifs is 1. The van der Waals surface area contributed by atoms with Crippen LogP contribution in [0.4, 0.5) is 0 Å². The molecule has 1 aliphatic heterocycles. The van der Waals surface area contributed by atoms with Crippen molar-refractivity contribution in [3.8, 4) is 11.5 Å². The number of benzene rings is 1. The van der Waals surface area contributed by atoms with Crippen LogP contribution < -0.4 is 20.1 Å². The van der Waals surface area contributed by atoms with E-state index in [9.17, 15) is 4.79 Å². The normalized spacial score (nSPS) is 16.1. The van der Waals surface area contributed by atoms with E-state index in [1.807, 2.05) is 32.9 Å². The molecule has 7 heteroatoms. The number of hydrogen-bond acceptors (Lipinski definition) is 4. The van der Waals surface area contributed by atoms with E-state index in [1.165, 1.54) is 5.56 Å². The molecule has 0 aliphatic carbocycles. The monoisotopic (exact) mass is 379 g/mol. The molecular formula is C19H29N3O3S. The molecule has 0 unspecified atom stereocenters. The van der Waals surface area contributed by atoms with E-state index in [0.717, 1.165) is 30.8 Å². The van der Waals surface area contributed by atoms with Crippen LogP contribution in [0.25, 0.3) is 0 Å². The zero-order chi connectivity index (χ0) is 19.3. The van der Waals surface area contributed by atoms with Crippen molar-refractivity contribution in [2.24, 2.45) is 5.92 Å². The summed E-state index contributed by atoms with van der Waals surface area (Å²) < 4.78 is 10.9. The third kappa shape index (κ3) is 4.38. The Morgan fingerprint density at radius 1 is 1.27 bits per heavy atom. The first kappa shape index (κ1) is 20.3.